The van der Waals surface area contributed by atoms with Crippen molar-refractivity contribution in [3.05, 3.63) is 35.9 Å². The Bertz CT molecular complexity index is 576. The predicted octanol–water partition coefficient (Wildman–Crippen LogP) is 2.75. The SMILES string of the molecule is CC(C)C[C@H](NC(=O)OCc1ccccc1)C(=O)NC1CCCCC1O. The highest BCUT2D eigenvalue weighted by molar-refractivity contribution is 5.85. The van der Waals surface area contributed by atoms with E-state index in [9.17, 15) is 14.7 Å². The van der Waals surface area contributed by atoms with Crippen LogP contribution in [0.3, 0.4) is 0 Å². The topological polar surface area (TPSA) is 87.7 Å². The number of hydrogen-bond donors (Lipinski definition) is 3. The molecule has 2 rings (SSSR count). The highest BCUT2D eigenvalue weighted by Gasteiger charge is 2.29. The zero-order valence-electron chi connectivity index (χ0n) is 15.6. The van der Waals surface area contributed by atoms with Gasteiger partial charge in [0.1, 0.15) is 12.6 Å². The van der Waals surface area contributed by atoms with E-state index in [-0.39, 0.29) is 24.5 Å². The van der Waals surface area contributed by atoms with Crippen molar-refractivity contribution in [1.29, 1.82) is 0 Å². The predicted molar refractivity (Wildman–Crippen MR) is 99.4 cm³/mol. The van der Waals surface area contributed by atoms with Crippen LogP contribution in [0.2, 0.25) is 0 Å². The lowest BCUT2D eigenvalue weighted by atomic mass is 9.92. The first-order valence-electron chi connectivity index (χ1n) is 9.41. The van der Waals surface area contributed by atoms with E-state index in [1.54, 1.807) is 0 Å². The number of ether oxygens (including phenoxy) is 1. The molecule has 1 aliphatic carbocycles. The summed E-state index contributed by atoms with van der Waals surface area (Å²) in [6.07, 6.45) is 2.81. The number of benzene rings is 1. The summed E-state index contributed by atoms with van der Waals surface area (Å²) in [6, 6.07) is 8.47. The van der Waals surface area contributed by atoms with Crippen LogP contribution >= 0.6 is 0 Å². The van der Waals surface area contributed by atoms with Crippen molar-refractivity contribution in [2.75, 3.05) is 0 Å². The third kappa shape index (κ3) is 6.67. The molecule has 0 aliphatic heterocycles. The van der Waals surface area contributed by atoms with E-state index in [1.165, 1.54) is 0 Å². The van der Waals surface area contributed by atoms with Crippen molar-refractivity contribution in [2.24, 2.45) is 5.92 Å². The fourth-order valence-electron chi connectivity index (χ4n) is 3.17. The van der Waals surface area contributed by atoms with Crippen LogP contribution in [0.25, 0.3) is 0 Å². The fraction of sp³-hybridized carbons (Fsp3) is 0.600. The standard InChI is InChI=1S/C20H30N2O4/c1-14(2)12-17(19(24)21-16-10-6-7-11-18(16)23)22-20(25)26-13-15-8-4-3-5-9-15/h3-5,8-9,14,16-18,23H,6-7,10-13H2,1-2H3,(H,21,24)(H,22,25)/t16?,17-,18?/m0/s1. The third-order valence-electron chi connectivity index (χ3n) is 4.59. The minimum atomic E-state index is -0.674. The van der Waals surface area contributed by atoms with E-state index >= 15 is 0 Å². The first-order chi connectivity index (χ1) is 12.5. The van der Waals surface area contributed by atoms with Gasteiger partial charge in [0.05, 0.1) is 12.1 Å². The molecule has 0 spiro atoms. The number of nitrogens with one attached hydrogen (secondary N) is 2. The molecule has 2 amide bonds. The molecule has 0 radical (unpaired) electrons. The average molecular weight is 362 g/mol. The number of aliphatic hydroxyl groups excluding tert-OH is 1. The van der Waals surface area contributed by atoms with Crippen LogP contribution in [-0.4, -0.2) is 35.3 Å². The Morgan fingerprint density at radius 3 is 2.54 bits per heavy atom. The van der Waals surface area contributed by atoms with Crippen molar-refractivity contribution < 1.29 is 19.4 Å². The quantitative estimate of drug-likeness (QED) is 0.696. The van der Waals surface area contributed by atoms with E-state index in [0.29, 0.717) is 12.8 Å². The number of carbonyl (C=O) groups excluding carboxylic acids is 2. The van der Waals surface area contributed by atoms with Gasteiger partial charge in [-0.1, -0.05) is 57.0 Å². The number of aliphatic hydroxyl groups is 1. The summed E-state index contributed by atoms with van der Waals surface area (Å²) in [5, 5.41) is 15.6. The highest BCUT2D eigenvalue weighted by atomic mass is 16.5. The van der Waals surface area contributed by atoms with Crippen LogP contribution in [-0.2, 0) is 16.1 Å². The molecule has 26 heavy (non-hydrogen) atoms. The molecule has 0 aromatic heterocycles. The van der Waals surface area contributed by atoms with Crippen molar-refractivity contribution in [3.8, 4) is 0 Å². The number of carbonyl (C=O) groups is 2. The minimum absolute atomic E-state index is 0.157. The zero-order chi connectivity index (χ0) is 18.9. The van der Waals surface area contributed by atoms with Gasteiger partial charge in [-0.15, -0.1) is 0 Å². The molecule has 0 heterocycles. The molecule has 0 bridgehead atoms. The van der Waals surface area contributed by atoms with Crippen molar-refractivity contribution >= 4 is 12.0 Å². The van der Waals surface area contributed by atoms with Crippen molar-refractivity contribution in [1.82, 2.24) is 10.6 Å². The number of rotatable bonds is 7. The van der Waals surface area contributed by atoms with Gasteiger partial charge < -0.3 is 20.5 Å². The molecule has 1 aromatic rings. The summed E-state index contributed by atoms with van der Waals surface area (Å²) < 4.78 is 5.22. The molecule has 6 heteroatoms. The molecule has 3 atom stereocenters. The van der Waals surface area contributed by atoms with Crippen LogP contribution in [0.5, 0.6) is 0 Å². The van der Waals surface area contributed by atoms with Gasteiger partial charge in [-0.3, -0.25) is 4.79 Å². The second-order valence-corrected chi connectivity index (χ2v) is 7.36. The van der Waals surface area contributed by atoms with Crippen LogP contribution in [0, 0.1) is 5.92 Å². The Hall–Kier alpha value is -2.08. The maximum Gasteiger partial charge on any atom is 0.408 e. The van der Waals surface area contributed by atoms with Gasteiger partial charge in [0.15, 0.2) is 0 Å². The Morgan fingerprint density at radius 2 is 1.88 bits per heavy atom. The Balaban J connectivity index is 1.88. The average Bonchev–Trinajstić information content (AvgIpc) is 2.62. The van der Waals surface area contributed by atoms with Crippen LogP contribution in [0.4, 0.5) is 4.79 Å². The third-order valence-corrected chi connectivity index (χ3v) is 4.59. The molecule has 144 valence electrons. The maximum absolute atomic E-state index is 12.6. The van der Waals surface area contributed by atoms with Crippen LogP contribution < -0.4 is 10.6 Å². The van der Waals surface area contributed by atoms with Gasteiger partial charge in [-0.25, -0.2) is 4.79 Å². The smallest absolute Gasteiger partial charge is 0.408 e. The molecule has 1 aliphatic rings. The molecule has 2 unspecified atom stereocenters. The summed E-state index contributed by atoms with van der Waals surface area (Å²) in [5.41, 5.74) is 0.887. The maximum atomic E-state index is 12.6. The largest absolute Gasteiger partial charge is 0.445 e. The summed E-state index contributed by atoms with van der Waals surface area (Å²) >= 11 is 0. The van der Waals surface area contributed by atoms with Gasteiger partial charge >= 0.3 is 6.09 Å². The van der Waals surface area contributed by atoms with Crippen molar-refractivity contribution in [3.63, 3.8) is 0 Å². The van der Waals surface area contributed by atoms with Gasteiger partial charge in [-0.2, -0.15) is 0 Å². The minimum Gasteiger partial charge on any atom is -0.445 e. The van der Waals surface area contributed by atoms with E-state index in [2.05, 4.69) is 10.6 Å². The summed E-state index contributed by atoms with van der Waals surface area (Å²) in [7, 11) is 0. The summed E-state index contributed by atoms with van der Waals surface area (Å²) in [6.45, 7) is 4.14. The lowest BCUT2D eigenvalue weighted by Crippen LogP contribution is -2.53. The van der Waals surface area contributed by atoms with E-state index in [4.69, 9.17) is 4.74 Å². The Morgan fingerprint density at radius 1 is 1.19 bits per heavy atom. The van der Waals surface area contributed by atoms with Crippen LogP contribution in [0.15, 0.2) is 30.3 Å². The molecular formula is C20H30N2O4. The summed E-state index contributed by atoms with van der Waals surface area (Å²) in [4.78, 5) is 24.7. The summed E-state index contributed by atoms with van der Waals surface area (Å²) in [5.74, 6) is -0.0298. The number of amides is 2. The van der Waals surface area contributed by atoms with Gasteiger partial charge in [0.2, 0.25) is 5.91 Å². The van der Waals surface area contributed by atoms with E-state index < -0.39 is 18.2 Å². The first kappa shape index (κ1) is 20.2. The second-order valence-electron chi connectivity index (χ2n) is 7.36. The van der Waals surface area contributed by atoms with Gasteiger partial charge in [0.25, 0.3) is 0 Å². The molecule has 0 saturated heterocycles. The normalized spacial score (nSPS) is 21.1. The molecule has 1 saturated carbocycles. The Kier molecular flexibility index (Phi) is 7.91. The fourth-order valence-corrected chi connectivity index (χ4v) is 3.17. The highest BCUT2D eigenvalue weighted by Crippen LogP contribution is 2.18. The monoisotopic (exact) mass is 362 g/mol. The van der Waals surface area contributed by atoms with Gasteiger partial charge in [-0.05, 0) is 30.7 Å². The molecular weight excluding hydrogens is 332 g/mol. The number of hydrogen-bond acceptors (Lipinski definition) is 4. The van der Waals surface area contributed by atoms with E-state index in [0.717, 1.165) is 24.8 Å². The Labute approximate surface area is 155 Å². The lowest BCUT2D eigenvalue weighted by Gasteiger charge is -2.30. The molecule has 1 fully saturated rings. The molecule has 1 aromatic carbocycles. The lowest BCUT2D eigenvalue weighted by molar-refractivity contribution is -0.125. The first-order valence-corrected chi connectivity index (χ1v) is 9.41. The number of alkyl carbamates (subject to hydrolysis) is 1. The van der Waals surface area contributed by atoms with Crippen LogP contribution in [0.1, 0.15) is 51.5 Å². The zero-order valence-corrected chi connectivity index (χ0v) is 15.6. The second kappa shape index (κ2) is 10.2. The van der Waals surface area contributed by atoms with Crippen molar-refractivity contribution in [2.45, 2.75) is 70.7 Å². The van der Waals surface area contributed by atoms with E-state index in [1.807, 2.05) is 44.2 Å². The molecule has 6 nitrogen and oxygen atoms in total. The molecule has 3 N–H and O–H groups in total. The van der Waals surface area contributed by atoms with Gasteiger partial charge in [0, 0.05) is 0 Å².